The maximum absolute atomic E-state index is 14.0. The molecule has 13 heteroatoms. The molecule has 8 rings (SSSR count). The summed E-state index contributed by atoms with van der Waals surface area (Å²) in [5.41, 5.74) is 4.53. The number of aromatic nitrogens is 2. The average molecular weight is 743 g/mol. The highest BCUT2D eigenvalue weighted by molar-refractivity contribution is 6.19. The summed E-state index contributed by atoms with van der Waals surface area (Å²) in [5, 5.41) is 19.9. The van der Waals surface area contributed by atoms with Gasteiger partial charge in [0.05, 0.1) is 5.69 Å². The van der Waals surface area contributed by atoms with E-state index < -0.39 is 11.8 Å². The van der Waals surface area contributed by atoms with Gasteiger partial charge in [0.15, 0.2) is 0 Å². The number of rotatable bonds is 11. The Kier molecular flexibility index (Phi) is 9.12. The smallest absolute Gasteiger partial charge is 0.274 e. The SMILES string of the molecule is O=C(CCN1C(=O)C=CC1=O)NCCCn1c(C(=O)Nc2ccc3[nH]c(C(=O)N4CC(CCl)c5c4cc(O)c4ccccc54)cc3c2)cc2ccccc21. The number of imide groups is 1. The first-order valence-electron chi connectivity index (χ1n) is 17.6. The van der Waals surface area contributed by atoms with E-state index in [0.29, 0.717) is 60.1 Å². The molecule has 0 radical (unpaired) electrons. The van der Waals surface area contributed by atoms with Gasteiger partial charge in [0, 0.05) is 95.5 Å². The van der Waals surface area contributed by atoms with Crippen LogP contribution in [0.15, 0.2) is 97.1 Å². The first kappa shape index (κ1) is 34.7. The number of benzene rings is 4. The number of phenolic OH excluding ortho intramolecular Hbond substituents is 1. The van der Waals surface area contributed by atoms with E-state index in [1.54, 1.807) is 29.2 Å². The summed E-state index contributed by atoms with van der Waals surface area (Å²) in [6, 6.07) is 25.8. The Balaban J connectivity index is 0.957. The van der Waals surface area contributed by atoms with Gasteiger partial charge in [-0.2, -0.15) is 0 Å². The summed E-state index contributed by atoms with van der Waals surface area (Å²) >= 11 is 6.39. The number of aryl methyl sites for hydroxylation is 1. The zero-order valence-corrected chi connectivity index (χ0v) is 29.7. The average Bonchev–Trinajstić information content (AvgIpc) is 3.95. The van der Waals surface area contributed by atoms with Gasteiger partial charge >= 0.3 is 0 Å². The Morgan fingerprint density at radius 3 is 2.43 bits per heavy atom. The zero-order valence-electron chi connectivity index (χ0n) is 29.0. The van der Waals surface area contributed by atoms with Gasteiger partial charge in [-0.3, -0.25) is 28.9 Å². The maximum Gasteiger partial charge on any atom is 0.274 e. The predicted octanol–water partition coefficient (Wildman–Crippen LogP) is 6.04. The van der Waals surface area contributed by atoms with Crippen LogP contribution in [-0.2, 0) is 20.9 Å². The van der Waals surface area contributed by atoms with E-state index in [1.165, 1.54) is 12.2 Å². The first-order valence-corrected chi connectivity index (χ1v) is 18.2. The normalized spacial score (nSPS) is 15.2. The summed E-state index contributed by atoms with van der Waals surface area (Å²) in [4.78, 5) is 69.5. The molecule has 2 aliphatic rings. The van der Waals surface area contributed by atoms with Gasteiger partial charge in [0.1, 0.15) is 17.1 Å². The molecule has 272 valence electrons. The Morgan fingerprint density at radius 1 is 0.870 bits per heavy atom. The van der Waals surface area contributed by atoms with Gasteiger partial charge in [-0.1, -0.05) is 42.5 Å². The molecule has 2 aliphatic heterocycles. The van der Waals surface area contributed by atoms with Crippen LogP contribution < -0.4 is 15.5 Å². The predicted molar refractivity (Wildman–Crippen MR) is 207 cm³/mol. The lowest BCUT2D eigenvalue weighted by atomic mass is 9.95. The van der Waals surface area contributed by atoms with Crippen molar-refractivity contribution in [1.29, 1.82) is 0 Å². The number of hydrogen-bond acceptors (Lipinski definition) is 6. The summed E-state index contributed by atoms with van der Waals surface area (Å²) < 4.78 is 1.92. The van der Waals surface area contributed by atoms with E-state index in [4.69, 9.17) is 11.6 Å². The van der Waals surface area contributed by atoms with Gasteiger partial charge in [0.2, 0.25) is 5.91 Å². The molecular formula is C41H35ClN6O6. The number of fused-ring (bicyclic) bond motifs is 5. The second-order valence-electron chi connectivity index (χ2n) is 13.4. The van der Waals surface area contributed by atoms with E-state index in [9.17, 15) is 29.1 Å². The molecule has 5 amide bonds. The third-order valence-corrected chi connectivity index (χ3v) is 10.4. The number of nitrogens with one attached hydrogen (secondary N) is 3. The summed E-state index contributed by atoms with van der Waals surface area (Å²) in [7, 11) is 0. The molecule has 0 aliphatic carbocycles. The topological polar surface area (TPSA) is 157 Å². The number of phenols is 1. The highest BCUT2D eigenvalue weighted by Crippen LogP contribution is 2.45. The molecule has 54 heavy (non-hydrogen) atoms. The van der Waals surface area contributed by atoms with Crippen molar-refractivity contribution < 1.29 is 29.1 Å². The van der Waals surface area contributed by atoms with E-state index in [-0.39, 0.29) is 42.4 Å². The molecule has 0 bridgehead atoms. The van der Waals surface area contributed by atoms with Crippen molar-refractivity contribution in [3.63, 3.8) is 0 Å². The minimum absolute atomic E-state index is 0.00307. The number of carbonyl (C=O) groups excluding carboxylic acids is 5. The molecule has 0 saturated carbocycles. The van der Waals surface area contributed by atoms with Crippen molar-refractivity contribution in [2.24, 2.45) is 0 Å². The van der Waals surface area contributed by atoms with Crippen molar-refractivity contribution in [2.45, 2.75) is 25.3 Å². The number of H-pyrrole nitrogens is 1. The van der Waals surface area contributed by atoms with Crippen molar-refractivity contribution in [3.05, 3.63) is 114 Å². The van der Waals surface area contributed by atoms with E-state index in [1.807, 2.05) is 65.2 Å². The second-order valence-corrected chi connectivity index (χ2v) is 13.7. The van der Waals surface area contributed by atoms with Crippen molar-refractivity contribution in [3.8, 4) is 5.75 Å². The fourth-order valence-electron chi connectivity index (χ4n) is 7.47. The van der Waals surface area contributed by atoms with Crippen LogP contribution in [0.25, 0.3) is 32.6 Å². The Morgan fingerprint density at radius 2 is 1.63 bits per heavy atom. The Hall–Kier alpha value is -6.40. The minimum Gasteiger partial charge on any atom is -0.507 e. The molecule has 6 aromatic rings. The van der Waals surface area contributed by atoms with Crippen LogP contribution in [0.4, 0.5) is 11.4 Å². The Labute approximate surface area is 314 Å². The third-order valence-electron chi connectivity index (χ3n) is 10.1. The number of para-hydroxylation sites is 1. The van der Waals surface area contributed by atoms with Crippen LogP contribution >= 0.6 is 11.6 Å². The third kappa shape index (κ3) is 6.34. The lowest BCUT2D eigenvalue weighted by Crippen LogP contribution is -2.35. The zero-order chi connectivity index (χ0) is 37.5. The van der Waals surface area contributed by atoms with Gasteiger partial charge in [-0.15, -0.1) is 11.6 Å². The Bertz CT molecular complexity index is 2540. The number of aromatic amines is 1. The molecule has 0 saturated heterocycles. The quantitative estimate of drug-likeness (QED) is 0.0721. The van der Waals surface area contributed by atoms with Gasteiger partial charge in [0.25, 0.3) is 23.6 Å². The van der Waals surface area contributed by atoms with Crippen molar-refractivity contribution >= 4 is 85.1 Å². The van der Waals surface area contributed by atoms with Crippen molar-refractivity contribution in [1.82, 2.24) is 19.8 Å². The lowest BCUT2D eigenvalue weighted by Gasteiger charge is -2.17. The monoisotopic (exact) mass is 742 g/mol. The van der Waals surface area contributed by atoms with Crippen LogP contribution in [0, 0.1) is 0 Å². The highest BCUT2D eigenvalue weighted by Gasteiger charge is 2.35. The number of anilines is 2. The second kappa shape index (κ2) is 14.2. The van der Waals surface area contributed by atoms with E-state index in [2.05, 4.69) is 15.6 Å². The number of carbonyl (C=O) groups is 5. The number of amides is 5. The van der Waals surface area contributed by atoms with Crippen LogP contribution in [-0.4, -0.2) is 74.6 Å². The molecule has 2 aromatic heterocycles. The maximum atomic E-state index is 14.0. The molecule has 4 aromatic carbocycles. The summed E-state index contributed by atoms with van der Waals surface area (Å²) in [6.45, 7) is 1.18. The number of alkyl halides is 1. The van der Waals surface area contributed by atoms with Crippen molar-refractivity contribution in [2.75, 3.05) is 35.7 Å². The highest BCUT2D eigenvalue weighted by atomic mass is 35.5. The summed E-state index contributed by atoms with van der Waals surface area (Å²) in [6.07, 6.45) is 2.91. The number of nitrogens with zero attached hydrogens (tertiary/aromatic N) is 3. The number of halogens is 1. The van der Waals surface area contributed by atoms with Gasteiger partial charge in [-0.05, 0) is 53.8 Å². The van der Waals surface area contributed by atoms with Crippen LogP contribution in [0.2, 0.25) is 0 Å². The molecule has 4 heterocycles. The molecule has 1 atom stereocenters. The first-order chi connectivity index (χ1) is 26.2. The molecular weight excluding hydrogens is 708 g/mol. The van der Waals surface area contributed by atoms with Crippen LogP contribution in [0.5, 0.6) is 5.75 Å². The standard InChI is InChI=1S/C41H35ClN6O6/c42-22-26-23-48(33-21-35(49)28-7-2-3-8-29(28)39(26)33)41(54)31-19-25-18-27(10-11-30(25)45-31)44-40(53)34-20-24-6-1-4-9-32(24)46(34)16-5-15-43-36(50)14-17-47-37(51)12-13-38(47)52/h1-4,6-13,18-21,26,45,49H,5,14-17,22-23H2,(H,43,50)(H,44,53). The largest absolute Gasteiger partial charge is 0.507 e. The fourth-order valence-corrected chi connectivity index (χ4v) is 7.72. The minimum atomic E-state index is -0.423. The molecule has 0 spiro atoms. The van der Waals surface area contributed by atoms with Gasteiger partial charge < -0.3 is 30.2 Å². The molecule has 1 unspecified atom stereocenters. The number of aromatic hydroxyl groups is 1. The van der Waals surface area contributed by atoms with Crippen LogP contribution in [0.3, 0.4) is 0 Å². The van der Waals surface area contributed by atoms with E-state index in [0.717, 1.165) is 37.7 Å². The summed E-state index contributed by atoms with van der Waals surface area (Å²) in [5.74, 6) is -1.37. The fraction of sp³-hybridized carbons (Fsp3) is 0.195. The molecule has 4 N–H and O–H groups in total. The lowest BCUT2D eigenvalue weighted by molar-refractivity contribution is -0.137. The van der Waals surface area contributed by atoms with Crippen LogP contribution in [0.1, 0.15) is 45.3 Å². The molecule has 0 fully saturated rings. The van der Waals surface area contributed by atoms with E-state index >= 15 is 0 Å². The molecule has 12 nitrogen and oxygen atoms in total. The number of hydrogen-bond donors (Lipinski definition) is 4. The van der Waals surface area contributed by atoms with Gasteiger partial charge in [-0.25, -0.2) is 0 Å².